The summed E-state index contributed by atoms with van der Waals surface area (Å²) in [4.78, 5) is 18.1. The van der Waals surface area contributed by atoms with Crippen molar-refractivity contribution in [2.75, 3.05) is 0 Å². The molecule has 0 fully saturated rings. The molecule has 0 amide bonds. The van der Waals surface area contributed by atoms with Crippen LogP contribution in [0.15, 0.2) is 47.3 Å². The van der Waals surface area contributed by atoms with Gasteiger partial charge in [0.2, 0.25) is 0 Å². The lowest BCUT2D eigenvalue weighted by molar-refractivity contribution is 0.433. The predicted molar refractivity (Wildman–Crippen MR) is 118 cm³/mol. The molecule has 0 radical (unpaired) electrons. The number of aromatic hydroxyl groups is 1. The fourth-order valence-electron chi connectivity index (χ4n) is 3.67. The molecule has 3 aromatic rings. The molecule has 2 aromatic carbocycles. The van der Waals surface area contributed by atoms with E-state index in [0.717, 1.165) is 12.5 Å². The Bertz CT molecular complexity index is 1120. The molecule has 0 spiro atoms. The Kier molecular flexibility index (Phi) is 7.21. The molecule has 3 rings (SSSR count). The van der Waals surface area contributed by atoms with Crippen molar-refractivity contribution >= 4 is 0 Å². The minimum absolute atomic E-state index is 0.152. The van der Waals surface area contributed by atoms with Gasteiger partial charge in [0.05, 0.1) is 11.3 Å². The van der Waals surface area contributed by atoms with Crippen molar-refractivity contribution in [2.45, 2.75) is 53.0 Å². The van der Waals surface area contributed by atoms with E-state index in [1.807, 2.05) is 6.92 Å². The van der Waals surface area contributed by atoms with Crippen molar-refractivity contribution in [3.8, 4) is 17.1 Å². The van der Waals surface area contributed by atoms with Gasteiger partial charge >= 0.3 is 0 Å². The highest BCUT2D eigenvalue weighted by Gasteiger charge is 2.20. The third-order valence-electron chi connectivity index (χ3n) is 5.45. The van der Waals surface area contributed by atoms with Gasteiger partial charge in [0, 0.05) is 12.1 Å². The molecular formula is C25H28F2N2O2. The van der Waals surface area contributed by atoms with Gasteiger partial charge in [-0.05, 0) is 55.4 Å². The van der Waals surface area contributed by atoms with Crippen LogP contribution in [0.4, 0.5) is 8.78 Å². The van der Waals surface area contributed by atoms with Gasteiger partial charge < -0.3 is 5.11 Å². The first kappa shape index (κ1) is 22.7. The largest absolute Gasteiger partial charge is 0.504 e. The van der Waals surface area contributed by atoms with Crippen LogP contribution in [0.3, 0.4) is 0 Å². The maximum atomic E-state index is 14.1. The molecule has 0 saturated carbocycles. The third-order valence-corrected chi connectivity index (χ3v) is 5.45. The average Bonchev–Trinajstić information content (AvgIpc) is 2.74. The highest BCUT2D eigenvalue weighted by atomic mass is 19.1. The Labute approximate surface area is 181 Å². The summed E-state index contributed by atoms with van der Waals surface area (Å²) in [6, 6.07) is 10.6. The fraction of sp³-hybridized carbons (Fsp3) is 0.360. The summed E-state index contributed by atoms with van der Waals surface area (Å²) in [6.45, 7) is 6.26. The molecule has 31 heavy (non-hydrogen) atoms. The van der Waals surface area contributed by atoms with E-state index in [2.05, 4.69) is 13.8 Å². The summed E-state index contributed by atoms with van der Waals surface area (Å²) < 4.78 is 29.6. The number of hydrogen-bond donors (Lipinski definition) is 1. The molecule has 0 aliphatic heterocycles. The third kappa shape index (κ3) is 5.01. The Morgan fingerprint density at radius 1 is 1.03 bits per heavy atom. The van der Waals surface area contributed by atoms with Crippen LogP contribution in [-0.4, -0.2) is 14.7 Å². The van der Waals surface area contributed by atoms with Gasteiger partial charge in [-0.1, -0.05) is 45.0 Å². The lowest BCUT2D eigenvalue weighted by atomic mass is 10.0. The summed E-state index contributed by atoms with van der Waals surface area (Å²) in [5.41, 5.74) is 1.67. The Balaban J connectivity index is 2.15. The summed E-state index contributed by atoms with van der Waals surface area (Å²) in [5.74, 6) is -1.04. The molecule has 0 bridgehead atoms. The second-order valence-electron chi connectivity index (χ2n) is 8.08. The minimum Gasteiger partial charge on any atom is -0.504 e. The van der Waals surface area contributed by atoms with Crippen LogP contribution < -0.4 is 5.56 Å². The number of halogens is 2. The molecule has 0 atom stereocenters. The molecule has 0 aliphatic carbocycles. The standard InChI is InChI=1S/C25H28F2N2O2/c1-4-18-22(13-12-16(2)3)28-24(19-9-7-11-21(27)23(19)30)29(25(18)31)15-14-17-8-5-6-10-20(17)26/h5-11,16,30H,4,12-15H2,1-3H3. The van der Waals surface area contributed by atoms with Crippen LogP contribution in [0.1, 0.15) is 44.0 Å². The molecule has 1 heterocycles. The molecule has 164 valence electrons. The Morgan fingerprint density at radius 3 is 2.42 bits per heavy atom. The van der Waals surface area contributed by atoms with Crippen molar-refractivity contribution in [1.29, 1.82) is 0 Å². The highest BCUT2D eigenvalue weighted by Crippen LogP contribution is 2.30. The van der Waals surface area contributed by atoms with Crippen LogP contribution in [-0.2, 0) is 25.8 Å². The number of aryl methyl sites for hydroxylation is 2. The van der Waals surface area contributed by atoms with E-state index in [9.17, 15) is 18.7 Å². The summed E-state index contributed by atoms with van der Waals surface area (Å²) in [5, 5.41) is 10.3. The van der Waals surface area contributed by atoms with Gasteiger partial charge in [-0.3, -0.25) is 9.36 Å². The molecule has 0 saturated heterocycles. The number of para-hydroxylation sites is 1. The lowest BCUT2D eigenvalue weighted by Crippen LogP contribution is -2.29. The normalized spacial score (nSPS) is 11.3. The number of benzene rings is 2. The van der Waals surface area contributed by atoms with E-state index in [-0.39, 0.29) is 35.7 Å². The van der Waals surface area contributed by atoms with Crippen molar-refractivity contribution in [1.82, 2.24) is 9.55 Å². The van der Waals surface area contributed by atoms with E-state index >= 15 is 0 Å². The fourth-order valence-corrected chi connectivity index (χ4v) is 3.67. The maximum absolute atomic E-state index is 14.1. The van der Waals surface area contributed by atoms with E-state index in [1.165, 1.54) is 22.8 Å². The van der Waals surface area contributed by atoms with E-state index < -0.39 is 11.6 Å². The average molecular weight is 427 g/mol. The van der Waals surface area contributed by atoms with Gasteiger partial charge in [-0.25, -0.2) is 13.8 Å². The van der Waals surface area contributed by atoms with Gasteiger partial charge in [0.1, 0.15) is 11.6 Å². The Morgan fingerprint density at radius 2 is 1.74 bits per heavy atom. The van der Waals surface area contributed by atoms with Crippen LogP contribution in [0.2, 0.25) is 0 Å². The van der Waals surface area contributed by atoms with Crippen LogP contribution in [0, 0.1) is 17.6 Å². The summed E-state index contributed by atoms with van der Waals surface area (Å²) in [6.07, 6.45) is 2.25. The first-order valence-electron chi connectivity index (χ1n) is 10.7. The van der Waals surface area contributed by atoms with Crippen LogP contribution in [0.25, 0.3) is 11.4 Å². The zero-order valence-corrected chi connectivity index (χ0v) is 18.2. The molecule has 0 aliphatic rings. The topological polar surface area (TPSA) is 55.1 Å². The molecule has 4 nitrogen and oxygen atoms in total. The zero-order chi connectivity index (χ0) is 22.5. The van der Waals surface area contributed by atoms with Gasteiger partial charge in [0.15, 0.2) is 11.6 Å². The van der Waals surface area contributed by atoms with Crippen molar-refractivity contribution in [3.63, 3.8) is 0 Å². The van der Waals surface area contributed by atoms with Crippen LogP contribution >= 0.6 is 0 Å². The minimum atomic E-state index is -0.782. The van der Waals surface area contributed by atoms with E-state index in [0.29, 0.717) is 35.6 Å². The number of phenolic OH excluding ortho intramolecular Hbond substituents is 1. The van der Waals surface area contributed by atoms with E-state index in [4.69, 9.17) is 4.98 Å². The van der Waals surface area contributed by atoms with Crippen molar-refractivity contribution < 1.29 is 13.9 Å². The molecule has 0 unspecified atom stereocenters. The van der Waals surface area contributed by atoms with E-state index in [1.54, 1.807) is 18.2 Å². The highest BCUT2D eigenvalue weighted by molar-refractivity contribution is 5.64. The van der Waals surface area contributed by atoms with Crippen LogP contribution in [0.5, 0.6) is 5.75 Å². The first-order chi connectivity index (χ1) is 14.8. The molecule has 1 N–H and O–H groups in total. The number of aromatic nitrogens is 2. The van der Waals surface area contributed by atoms with Gasteiger partial charge in [-0.15, -0.1) is 0 Å². The maximum Gasteiger partial charge on any atom is 0.257 e. The molecule has 1 aromatic heterocycles. The molecule has 6 heteroatoms. The van der Waals surface area contributed by atoms with Crippen molar-refractivity contribution in [3.05, 3.63) is 81.3 Å². The monoisotopic (exact) mass is 426 g/mol. The van der Waals surface area contributed by atoms with Gasteiger partial charge in [-0.2, -0.15) is 0 Å². The quantitative estimate of drug-likeness (QED) is 0.533. The summed E-state index contributed by atoms with van der Waals surface area (Å²) >= 11 is 0. The smallest absolute Gasteiger partial charge is 0.257 e. The number of rotatable bonds is 8. The Hall–Kier alpha value is -3.02. The zero-order valence-electron chi connectivity index (χ0n) is 18.2. The molecular weight excluding hydrogens is 398 g/mol. The second-order valence-corrected chi connectivity index (χ2v) is 8.08. The lowest BCUT2D eigenvalue weighted by Gasteiger charge is -2.18. The summed E-state index contributed by atoms with van der Waals surface area (Å²) in [7, 11) is 0. The predicted octanol–water partition coefficient (Wildman–Crippen LogP) is 5.29. The SMILES string of the molecule is CCc1c(CCC(C)C)nc(-c2cccc(F)c2O)n(CCc2ccccc2F)c1=O. The first-order valence-corrected chi connectivity index (χ1v) is 10.7. The van der Waals surface area contributed by atoms with Crippen molar-refractivity contribution in [2.24, 2.45) is 5.92 Å². The van der Waals surface area contributed by atoms with Gasteiger partial charge in [0.25, 0.3) is 5.56 Å². The number of nitrogens with zero attached hydrogens (tertiary/aromatic N) is 2. The number of hydrogen-bond acceptors (Lipinski definition) is 3. The second kappa shape index (κ2) is 9.86. The number of phenols is 1.